The van der Waals surface area contributed by atoms with Crippen LogP contribution >= 0.6 is 9.49 Å². The van der Waals surface area contributed by atoms with Crippen molar-refractivity contribution in [2.24, 2.45) is 5.16 Å². The number of nitrogens with zero attached hydrogens (tertiary/aromatic N) is 2. The van der Waals surface area contributed by atoms with Crippen LogP contribution in [0.2, 0.25) is 0 Å². The molecule has 106 valence electrons. The monoisotopic (exact) mass is 296 g/mol. The van der Waals surface area contributed by atoms with Crippen molar-refractivity contribution >= 4 is 26.9 Å². The van der Waals surface area contributed by atoms with Gasteiger partial charge in [0.15, 0.2) is 5.71 Å². The fourth-order valence-corrected chi connectivity index (χ4v) is 2.63. The fraction of sp³-hybridized carbons (Fsp3) is 0.0588. The lowest BCUT2D eigenvalue weighted by Crippen LogP contribution is -1.98. The zero-order chi connectivity index (χ0) is 15.3. The van der Waals surface area contributed by atoms with E-state index in [4.69, 9.17) is 4.28 Å². The summed E-state index contributed by atoms with van der Waals surface area (Å²) in [4.78, 5) is 0.870. The molecular formula is C17H16N2OS. The molecule has 0 bridgehead atoms. The molecular weight excluding hydrogens is 280 g/mol. The molecule has 0 aliphatic heterocycles. The van der Waals surface area contributed by atoms with Crippen molar-refractivity contribution in [2.45, 2.75) is 11.8 Å². The molecule has 0 heterocycles. The van der Waals surface area contributed by atoms with Gasteiger partial charge in [-0.1, -0.05) is 53.2 Å². The maximum absolute atomic E-state index is 9.22. The van der Waals surface area contributed by atoms with Crippen molar-refractivity contribution in [3.63, 3.8) is 0 Å². The summed E-state index contributed by atoms with van der Waals surface area (Å²) in [6.07, 6.45) is 0. The highest BCUT2D eigenvalue weighted by Crippen LogP contribution is 2.32. The van der Waals surface area contributed by atoms with Crippen LogP contribution in [-0.2, 0) is 4.28 Å². The van der Waals surface area contributed by atoms with Gasteiger partial charge < -0.3 is 4.28 Å². The molecule has 0 aliphatic carbocycles. The van der Waals surface area contributed by atoms with Crippen molar-refractivity contribution in [3.05, 3.63) is 65.7 Å². The fourth-order valence-electron chi connectivity index (χ4n) is 1.67. The Labute approximate surface area is 125 Å². The minimum absolute atomic E-state index is 0.218. The van der Waals surface area contributed by atoms with Crippen LogP contribution in [0.1, 0.15) is 11.1 Å². The van der Waals surface area contributed by atoms with Crippen LogP contribution in [0.3, 0.4) is 0 Å². The molecule has 0 aromatic heterocycles. The highest BCUT2D eigenvalue weighted by atomic mass is 32.2. The SMILES string of the molecule is C=S(=C)(O/N=C(\C#N)c1ccc(C)cc1)c1ccccc1. The third kappa shape index (κ3) is 3.74. The lowest BCUT2D eigenvalue weighted by molar-refractivity contribution is 0.402. The molecule has 2 aromatic rings. The van der Waals surface area contributed by atoms with E-state index in [1.165, 1.54) is 0 Å². The molecule has 0 amide bonds. The third-order valence-electron chi connectivity index (χ3n) is 2.87. The Morgan fingerprint density at radius 3 is 2.29 bits per heavy atom. The van der Waals surface area contributed by atoms with E-state index in [-0.39, 0.29) is 5.71 Å². The van der Waals surface area contributed by atoms with Gasteiger partial charge in [-0.25, -0.2) is 0 Å². The predicted molar refractivity (Wildman–Crippen MR) is 91.0 cm³/mol. The number of hydrogen-bond donors (Lipinski definition) is 0. The Bertz CT molecular complexity index is 783. The molecule has 3 nitrogen and oxygen atoms in total. The second kappa shape index (κ2) is 6.29. The van der Waals surface area contributed by atoms with Gasteiger partial charge in [-0.15, -0.1) is 0 Å². The Balaban J connectivity index is 2.27. The molecule has 0 spiro atoms. The van der Waals surface area contributed by atoms with Crippen LogP contribution in [0.25, 0.3) is 0 Å². The van der Waals surface area contributed by atoms with E-state index in [0.29, 0.717) is 5.56 Å². The zero-order valence-electron chi connectivity index (χ0n) is 11.8. The van der Waals surface area contributed by atoms with E-state index in [1.54, 1.807) is 0 Å². The molecule has 0 saturated carbocycles. The quantitative estimate of drug-likeness (QED) is 0.488. The smallest absolute Gasteiger partial charge is 0.188 e. The molecule has 0 saturated heterocycles. The molecule has 0 fully saturated rings. The highest BCUT2D eigenvalue weighted by molar-refractivity contribution is 8.23. The second-order valence-electron chi connectivity index (χ2n) is 4.62. The van der Waals surface area contributed by atoms with E-state index in [9.17, 15) is 5.26 Å². The van der Waals surface area contributed by atoms with E-state index in [2.05, 4.69) is 16.9 Å². The molecule has 21 heavy (non-hydrogen) atoms. The minimum atomic E-state index is -2.02. The molecule has 0 N–H and O–H groups in total. The van der Waals surface area contributed by atoms with Crippen LogP contribution in [0.4, 0.5) is 0 Å². The van der Waals surface area contributed by atoms with Crippen molar-refractivity contribution in [1.82, 2.24) is 0 Å². The maximum atomic E-state index is 9.22. The van der Waals surface area contributed by atoms with Crippen LogP contribution in [0.5, 0.6) is 0 Å². The Morgan fingerprint density at radius 2 is 1.71 bits per heavy atom. The predicted octanol–water partition coefficient (Wildman–Crippen LogP) is 3.88. The van der Waals surface area contributed by atoms with Crippen molar-refractivity contribution in [2.75, 3.05) is 0 Å². The van der Waals surface area contributed by atoms with Gasteiger partial charge in [0.2, 0.25) is 0 Å². The summed E-state index contributed by atoms with van der Waals surface area (Å²) in [5, 5.41) is 13.2. The summed E-state index contributed by atoms with van der Waals surface area (Å²) >= 11 is 0. The zero-order valence-corrected chi connectivity index (χ0v) is 12.6. The van der Waals surface area contributed by atoms with E-state index < -0.39 is 9.49 Å². The first-order valence-corrected chi connectivity index (χ1v) is 8.21. The van der Waals surface area contributed by atoms with Crippen molar-refractivity contribution in [1.29, 1.82) is 5.26 Å². The van der Waals surface area contributed by atoms with E-state index in [0.717, 1.165) is 10.5 Å². The Morgan fingerprint density at radius 1 is 1.10 bits per heavy atom. The van der Waals surface area contributed by atoms with Crippen LogP contribution in [0, 0.1) is 18.3 Å². The Hall–Kier alpha value is -2.51. The summed E-state index contributed by atoms with van der Waals surface area (Å²) in [6, 6.07) is 19.1. The molecule has 0 aliphatic rings. The number of nitriles is 1. The van der Waals surface area contributed by atoms with E-state index >= 15 is 0 Å². The first-order chi connectivity index (χ1) is 10.0. The normalized spacial score (nSPS) is 11.7. The molecule has 0 unspecified atom stereocenters. The lowest BCUT2D eigenvalue weighted by atomic mass is 10.1. The first-order valence-electron chi connectivity index (χ1n) is 6.31. The minimum Gasteiger partial charge on any atom is -0.334 e. The van der Waals surface area contributed by atoms with E-state index in [1.807, 2.05) is 67.6 Å². The number of benzene rings is 2. The van der Waals surface area contributed by atoms with Crippen molar-refractivity contribution in [3.8, 4) is 6.07 Å². The average Bonchev–Trinajstić information content (AvgIpc) is 2.50. The van der Waals surface area contributed by atoms with Gasteiger partial charge in [-0.2, -0.15) is 5.26 Å². The summed E-state index contributed by atoms with van der Waals surface area (Å²) in [6.45, 7) is 1.99. The van der Waals surface area contributed by atoms with Gasteiger partial charge in [0.25, 0.3) is 0 Å². The third-order valence-corrected chi connectivity index (χ3v) is 4.37. The number of hydrogen-bond acceptors (Lipinski definition) is 3. The van der Waals surface area contributed by atoms with Gasteiger partial charge in [0.05, 0.1) is 0 Å². The summed E-state index contributed by atoms with van der Waals surface area (Å²) in [5.41, 5.74) is 2.05. The lowest BCUT2D eigenvalue weighted by Gasteiger charge is -2.12. The number of rotatable bonds is 4. The highest BCUT2D eigenvalue weighted by Gasteiger charge is 2.06. The summed E-state index contributed by atoms with van der Waals surface area (Å²) in [7, 11) is -2.02. The topological polar surface area (TPSA) is 45.4 Å². The molecule has 2 rings (SSSR count). The molecule has 0 radical (unpaired) electrons. The second-order valence-corrected chi connectivity index (χ2v) is 6.86. The summed E-state index contributed by atoms with van der Waals surface area (Å²) < 4.78 is 5.48. The van der Waals surface area contributed by atoms with Gasteiger partial charge in [-0.05, 0) is 40.3 Å². The van der Waals surface area contributed by atoms with Gasteiger partial charge >= 0.3 is 0 Å². The first kappa shape index (κ1) is 14.9. The largest absolute Gasteiger partial charge is 0.334 e. The molecule has 4 heteroatoms. The average molecular weight is 296 g/mol. The molecule has 0 atom stereocenters. The molecule has 2 aromatic carbocycles. The van der Waals surface area contributed by atoms with Gasteiger partial charge in [0, 0.05) is 10.5 Å². The number of oxime groups is 1. The van der Waals surface area contributed by atoms with Gasteiger partial charge in [0.1, 0.15) is 6.07 Å². The summed E-state index contributed by atoms with van der Waals surface area (Å²) in [5.74, 6) is 7.98. The van der Waals surface area contributed by atoms with Crippen molar-refractivity contribution < 1.29 is 4.28 Å². The standard InChI is InChI=1S/C17H16N2OS/c1-14-9-11-15(12-10-14)17(13-18)19-20-21(2,3)16-7-5-4-6-8-16/h4-12H,2-3H2,1H3/b19-17+. The Kier molecular flexibility index (Phi) is 4.46. The van der Waals surface area contributed by atoms with Crippen LogP contribution in [0.15, 0.2) is 64.6 Å². The number of aryl methyl sites for hydroxylation is 1. The van der Waals surface area contributed by atoms with Crippen LogP contribution in [-0.4, -0.2) is 17.5 Å². The maximum Gasteiger partial charge on any atom is 0.188 e. The van der Waals surface area contributed by atoms with Gasteiger partial charge in [-0.3, -0.25) is 0 Å². The van der Waals surface area contributed by atoms with Crippen LogP contribution < -0.4 is 0 Å².